The Balaban J connectivity index is 1.69. The number of carbonyl (C=O) groups is 1. The van der Waals surface area contributed by atoms with Crippen molar-refractivity contribution in [1.29, 1.82) is 0 Å². The number of halogens is 5. The minimum absolute atomic E-state index is 0.179. The third-order valence-corrected chi connectivity index (χ3v) is 7.44. The first-order valence-electron chi connectivity index (χ1n) is 9.20. The lowest BCUT2D eigenvalue weighted by Gasteiger charge is -2.19. The van der Waals surface area contributed by atoms with Crippen LogP contribution in [-0.2, 0) is 20.4 Å². The fourth-order valence-electron chi connectivity index (χ4n) is 3.09. The van der Waals surface area contributed by atoms with Crippen molar-refractivity contribution in [1.82, 2.24) is 0 Å². The van der Waals surface area contributed by atoms with Crippen molar-refractivity contribution in [2.75, 3.05) is 5.32 Å². The van der Waals surface area contributed by atoms with Gasteiger partial charge in [-0.05, 0) is 36.4 Å². The van der Waals surface area contributed by atoms with Crippen LogP contribution in [-0.4, -0.2) is 14.3 Å². The Morgan fingerprint density at radius 1 is 0.879 bits per heavy atom. The maximum Gasteiger partial charge on any atom is 0.262 e. The maximum atomic E-state index is 14.0. The zero-order valence-electron chi connectivity index (χ0n) is 16.3. The van der Waals surface area contributed by atoms with Gasteiger partial charge in [0.05, 0.1) is 21.2 Å². The number of nitrogens with one attached hydrogen (secondary N) is 1. The Morgan fingerprint density at radius 3 is 2.15 bits per heavy atom. The molecule has 1 heterocycles. The predicted octanol–water partition coefficient (Wildman–Crippen LogP) is 5.44. The first-order chi connectivity index (χ1) is 15.5. The van der Waals surface area contributed by atoms with Crippen molar-refractivity contribution in [2.45, 2.75) is 15.5 Å². The molecule has 3 aromatic carbocycles. The van der Waals surface area contributed by atoms with Crippen LogP contribution in [0.15, 0.2) is 63.2 Å². The number of hydrogen-bond donors (Lipinski definition) is 1. The highest BCUT2D eigenvalue weighted by Gasteiger charge is 2.26. The Morgan fingerprint density at radius 2 is 1.52 bits per heavy atom. The maximum absolute atomic E-state index is 14.0. The number of anilines is 1. The van der Waals surface area contributed by atoms with Gasteiger partial charge in [-0.1, -0.05) is 17.8 Å². The Hall–Kier alpha value is -3.18. The van der Waals surface area contributed by atoms with E-state index < -0.39 is 61.7 Å². The van der Waals surface area contributed by atoms with Gasteiger partial charge in [-0.15, -0.1) is 0 Å². The molecule has 0 atom stereocenters. The summed E-state index contributed by atoms with van der Waals surface area (Å²) in [6.07, 6.45) is 0.878. The van der Waals surface area contributed by atoms with E-state index in [4.69, 9.17) is 0 Å². The fourth-order valence-corrected chi connectivity index (χ4v) is 5.54. The number of benzene rings is 3. The average Bonchev–Trinajstić information content (AvgIpc) is 2.73. The van der Waals surface area contributed by atoms with Crippen LogP contribution in [0.3, 0.4) is 0 Å². The van der Waals surface area contributed by atoms with E-state index >= 15 is 0 Å². The second kappa shape index (κ2) is 8.64. The molecule has 170 valence electrons. The molecule has 4 nitrogen and oxygen atoms in total. The quantitative estimate of drug-likeness (QED) is 0.385. The molecule has 0 aliphatic carbocycles. The highest BCUT2D eigenvalue weighted by atomic mass is 32.2. The van der Waals surface area contributed by atoms with E-state index in [0.717, 1.165) is 36.0 Å². The minimum Gasteiger partial charge on any atom is -0.320 e. The standard InChI is InChI=1S/C22H12F5NO3S2/c23-11-6-17(26)13(18(27)7-11)9-21-22(29)28-19-5-4-12(8-20(19)32-21)33(30,31)10-14-15(24)2-1-3-16(14)25/h1-9H,10H2,(H,28,29). The van der Waals surface area contributed by atoms with Crippen LogP contribution < -0.4 is 5.32 Å². The highest BCUT2D eigenvalue weighted by Crippen LogP contribution is 2.41. The molecule has 3 aromatic rings. The van der Waals surface area contributed by atoms with E-state index in [1.54, 1.807) is 0 Å². The molecule has 1 aliphatic heterocycles. The highest BCUT2D eigenvalue weighted by molar-refractivity contribution is 8.04. The lowest BCUT2D eigenvalue weighted by Crippen LogP contribution is -2.18. The van der Waals surface area contributed by atoms with Gasteiger partial charge in [0.25, 0.3) is 5.91 Å². The summed E-state index contributed by atoms with van der Waals surface area (Å²) in [5, 5.41) is 2.47. The van der Waals surface area contributed by atoms with E-state index in [1.807, 2.05) is 0 Å². The summed E-state index contributed by atoms with van der Waals surface area (Å²) < 4.78 is 94.5. The van der Waals surface area contributed by atoms with Crippen molar-refractivity contribution in [3.8, 4) is 0 Å². The van der Waals surface area contributed by atoms with Crippen LogP contribution in [0.1, 0.15) is 11.1 Å². The fraction of sp³-hybridized carbons (Fsp3) is 0.0455. The molecule has 0 spiro atoms. The van der Waals surface area contributed by atoms with Crippen LogP contribution in [0, 0.1) is 29.1 Å². The monoisotopic (exact) mass is 497 g/mol. The zero-order chi connectivity index (χ0) is 23.9. The van der Waals surface area contributed by atoms with Crippen LogP contribution in [0.5, 0.6) is 0 Å². The number of thioether (sulfide) groups is 1. The van der Waals surface area contributed by atoms with Gasteiger partial charge in [0.1, 0.15) is 29.1 Å². The van der Waals surface area contributed by atoms with Gasteiger partial charge in [0.2, 0.25) is 0 Å². The molecule has 0 saturated carbocycles. The first-order valence-corrected chi connectivity index (χ1v) is 11.7. The Labute approximate surface area is 189 Å². The van der Waals surface area contributed by atoms with E-state index in [-0.39, 0.29) is 20.4 Å². The van der Waals surface area contributed by atoms with Crippen molar-refractivity contribution < 1.29 is 35.2 Å². The normalized spacial score (nSPS) is 14.8. The molecule has 0 saturated heterocycles. The molecule has 33 heavy (non-hydrogen) atoms. The van der Waals surface area contributed by atoms with Gasteiger partial charge in [-0.3, -0.25) is 4.79 Å². The van der Waals surface area contributed by atoms with Crippen molar-refractivity contribution in [3.05, 3.63) is 93.6 Å². The van der Waals surface area contributed by atoms with Crippen LogP contribution >= 0.6 is 11.8 Å². The molecule has 0 aromatic heterocycles. The van der Waals surface area contributed by atoms with Gasteiger partial charge in [-0.2, -0.15) is 0 Å². The van der Waals surface area contributed by atoms with Gasteiger partial charge in [0, 0.05) is 28.2 Å². The topological polar surface area (TPSA) is 63.2 Å². The molecule has 11 heteroatoms. The average molecular weight is 497 g/mol. The molecule has 0 bridgehead atoms. The Kier molecular flexibility index (Phi) is 6.02. The summed E-state index contributed by atoms with van der Waals surface area (Å²) in [5.41, 5.74) is -1.02. The summed E-state index contributed by atoms with van der Waals surface area (Å²) in [4.78, 5) is 12.1. The third kappa shape index (κ3) is 4.64. The molecule has 1 amide bonds. The lowest BCUT2D eigenvalue weighted by atomic mass is 10.1. The molecule has 1 N–H and O–H groups in total. The van der Waals surface area contributed by atoms with Gasteiger partial charge < -0.3 is 5.32 Å². The van der Waals surface area contributed by atoms with Crippen LogP contribution in [0.2, 0.25) is 0 Å². The Bertz CT molecular complexity index is 1390. The smallest absolute Gasteiger partial charge is 0.262 e. The van der Waals surface area contributed by atoms with E-state index in [2.05, 4.69) is 5.32 Å². The molecule has 4 rings (SSSR count). The zero-order valence-corrected chi connectivity index (χ0v) is 18.0. The number of amides is 1. The summed E-state index contributed by atoms with van der Waals surface area (Å²) >= 11 is 0.734. The second-order valence-electron chi connectivity index (χ2n) is 6.97. The van der Waals surface area contributed by atoms with Gasteiger partial charge in [0.15, 0.2) is 9.84 Å². The first kappa shape index (κ1) is 23.0. The molecular weight excluding hydrogens is 485 g/mol. The molecule has 1 aliphatic rings. The summed E-state index contributed by atoms with van der Waals surface area (Å²) in [7, 11) is -4.19. The summed E-state index contributed by atoms with van der Waals surface area (Å²) in [6, 6.07) is 7.55. The largest absolute Gasteiger partial charge is 0.320 e. The second-order valence-corrected chi connectivity index (χ2v) is 10.0. The number of fused-ring (bicyclic) bond motifs is 1. The number of carbonyl (C=O) groups excluding carboxylic acids is 1. The predicted molar refractivity (Wildman–Crippen MR) is 112 cm³/mol. The lowest BCUT2D eigenvalue weighted by molar-refractivity contribution is -0.112. The number of rotatable bonds is 4. The van der Waals surface area contributed by atoms with Crippen molar-refractivity contribution >= 4 is 39.3 Å². The van der Waals surface area contributed by atoms with E-state index in [0.29, 0.717) is 12.1 Å². The number of sulfone groups is 1. The molecular formula is C22H12F5NO3S2. The molecule has 0 fully saturated rings. The van der Waals surface area contributed by atoms with Gasteiger partial charge in [-0.25, -0.2) is 30.4 Å². The van der Waals surface area contributed by atoms with Crippen molar-refractivity contribution in [2.24, 2.45) is 0 Å². The van der Waals surface area contributed by atoms with E-state index in [1.165, 1.54) is 18.2 Å². The van der Waals surface area contributed by atoms with Crippen LogP contribution in [0.4, 0.5) is 27.6 Å². The molecule has 0 unspecified atom stereocenters. The molecule has 0 radical (unpaired) electrons. The van der Waals surface area contributed by atoms with Crippen molar-refractivity contribution in [3.63, 3.8) is 0 Å². The third-order valence-electron chi connectivity index (χ3n) is 4.72. The van der Waals surface area contributed by atoms with Gasteiger partial charge >= 0.3 is 0 Å². The SMILES string of the molecule is O=C1Nc2ccc(S(=O)(=O)Cc3c(F)cccc3F)cc2SC1=Cc1c(F)cc(F)cc1F. The minimum atomic E-state index is -4.19. The van der Waals surface area contributed by atoms with Crippen LogP contribution in [0.25, 0.3) is 6.08 Å². The van der Waals surface area contributed by atoms with E-state index in [9.17, 15) is 35.2 Å². The summed E-state index contributed by atoms with van der Waals surface area (Å²) in [5.74, 6) is -7.22. The summed E-state index contributed by atoms with van der Waals surface area (Å²) in [6.45, 7) is 0. The number of hydrogen-bond acceptors (Lipinski definition) is 4.